The molecule has 0 spiro atoms. The Kier molecular flexibility index (Phi) is 2.76. The lowest BCUT2D eigenvalue weighted by Crippen LogP contribution is -2.33. The molecule has 17 heavy (non-hydrogen) atoms. The average Bonchev–Trinajstić information content (AvgIpc) is 2.61. The molecule has 7 nitrogen and oxygen atoms in total. The first-order valence-electron chi connectivity index (χ1n) is 4.88. The molecule has 2 heterocycles. The molecule has 1 aromatic rings. The fourth-order valence-corrected chi connectivity index (χ4v) is 2.48. The van der Waals surface area contributed by atoms with E-state index in [1.807, 2.05) is 0 Å². The summed E-state index contributed by atoms with van der Waals surface area (Å²) >= 11 is 0. The number of H-pyrrole nitrogens is 1. The van der Waals surface area contributed by atoms with Crippen molar-refractivity contribution >= 4 is 21.6 Å². The molecule has 1 saturated heterocycles. The SMILES string of the molecule is NS(=O)(=O)C1CC(=O)N(c2c[nH]ccc2=O)C1. The minimum Gasteiger partial charge on any atom is -0.366 e. The predicted molar refractivity (Wildman–Crippen MR) is 60.9 cm³/mol. The normalized spacial score (nSPS) is 20.9. The van der Waals surface area contributed by atoms with Gasteiger partial charge in [0.2, 0.25) is 21.4 Å². The Balaban J connectivity index is 2.35. The number of aromatic nitrogens is 1. The molecule has 1 unspecified atom stereocenters. The number of carbonyl (C=O) groups excluding carboxylic acids is 1. The van der Waals surface area contributed by atoms with E-state index in [0.29, 0.717) is 0 Å². The van der Waals surface area contributed by atoms with Gasteiger partial charge < -0.3 is 9.88 Å². The first kappa shape index (κ1) is 11.8. The topological polar surface area (TPSA) is 113 Å². The zero-order chi connectivity index (χ0) is 12.6. The van der Waals surface area contributed by atoms with Gasteiger partial charge in [0, 0.05) is 31.4 Å². The maximum atomic E-state index is 11.6. The van der Waals surface area contributed by atoms with Crippen LogP contribution in [0.2, 0.25) is 0 Å². The second-order valence-electron chi connectivity index (χ2n) is 3.81. The van der Waals surface area contributed by atoms with Crippen molar-refractivity contribution in [3.05, 3.63) is 28.7 Å². The van der Waals surface area contributed by atoms with Crippen LogP contribution in [0.1, 0.15) is 6.42 Å². The molecule has 1 aromatic heterocycles. The summed E-state index contributed by atoms with van der Waals surface area (Å²) in [6.45, 7) is -0.0786. The van der Waals surface area contributed by atoms with Crippen LogP contribution in [-0.2, 0) is 14.8 Å². The molecule has 92 valence electrons. The highest BCUT2D eigenvalue weighted by Crippen LogP contribution is 2.20. The van der Waals surface area contributed by atoms with Gasteiger partial charge in [-0.05, 0) is 0 Å². The van der Waals surface area contributed by atoms with Crippen molar-refractivity contribution in [2.24, 2.45) is 5.14 Å². The van der Waals surface area contributed by atoms with E-state index in [2.05, 4.69) is 4.98 Å². The van der Waals surface area contributed by atoms with E-state index in [9.17, 15) is 18.0 Å². The highest BCUT2D eigenvalue weighted by Gasteiger charge is 2.37. The van der Waals surface area contributed by atoms with E-state index in [0.717, 1.165) is 4.90 Å². The summed E-state index contributed by atoms with van der Waals surface area (Å²) < 4.78 is 22.3. The molecule has 1 amide bonds. The van der Waals surface area contributed by atoms with Crippen molar-refractivity contribution in [3.8, 4) is 0 Å². The second-order valence-corrected chi connectivity index (χ2v) is 5.66. The number of nitrogens with one attached hydrogen (secondary N) is 1. The van der Waals surface area contributed by atoms with E-state index >= 15 is 0 Å². The molecule has 0 saturated carbocycles. The molecule has 8 heteroatoms. The summed E-state index contributed by atoms with van der Waals surface area (Å²) in [5.41, 5.74) is -0.198. The van der Waals surface area contributed by atoms with E-state index in [-0.39, 0.29) is 24.1 Å². The van der Waals surface area contributed by atoms with Crippen molar-refractivity contribution in [1.82, 2.24) is 4.98 Å². The summed E-state index contributed by atoms with van der Waals surface area (Å²) in [7, 11) is -3.76. The van der Waals surface area contributed by atoms with Gasteiger partial charge in [-0.25, -0.2) is 13.6 Å². The number of carbonyl (C=O) groups is 1. The summed E-state index contributed by atoms with van der Waals surface area (Å²) in [5, 5.41) is 4.04. The van der Waals surface area contributed by atoms with E-state index in [4.69, 9.17) is 5.14 Å². The Morgan fingerprint density at radius 3 is 2.65 bits per heavy atom. The van der Waals surface area contributed by atoms with Crippen LogP contribution < -0.4 is 15.5 Å². The van der Waals surface area contributed by atoms with Gasteiger partial charge in [-0.1, -0.05) is 0 Å². The van der Waals surface area contributed by atoms with Crippen LogP contribution in [0, 0.1) is 0 Å². The number of hydrogen-bond acceptors (Lipinski definition) is 4. The van der Waals surface area contributed by atoms with Gasteiger partial charge in [-0.3, -0.25) is 9.59 Å². The molecular weight excluding hydrogens is 246 g/mol. The van der Waals surface area contributed by atoms with Gasteiger partial charge in [0.25, 0.3) is 0 Å². The fraction of sp³-hybridized carbons (Fsp3) is 0.333. The lowest BCUT2D eigenvalue weighted by atomic mass is 10.3. The van der Waals surface area contributed by atoms with Gasteiger partial charge in [0.05, 0.1) is 0 Å². The van der Waals surface area contributed by atoms with Crippen molar-refractivity contribution in [1.29, 1.82) is 0 Å². The quantitative estimate of drug-likeness (QED) is 0.690. The second kappa shape index (κ2) is 3.97. The maximum Gasteiger partial charge on any atom is 0.228 e. The number of primary sulfonamides is 1. The van der Waals surface area contributed by atoms with Gasteiger partial charge >= 0.3 is 0 Å². The van der Waals surface area contributed by atoms with E-state index in [1.165, 1.54) is 18.5 Å². The summed E-state index contributed by atoms with van der Waals surface area (Å²) in [6.07, 6.45) is 2.61. The Labute approximate surface area is 97.3 Å². The van der Waals surface area contributed by atoms with Crippen LogP contribution in [0.4, 0.5) is 5.69 Å². The highest BCUT2D eigenvalue weighted by molar-refractivity contribution is 7.89. The monoisotopic (exact) mass is 257 g/mol. The minimum atomic E-state index is -3.76. The molecular formula is C9H11N3O4S. The lowest BCUT2D eigenvalue weighted by Gasteiger charge is -2.14. The molecule has 0 bridgehead atoms. The first-order chi connectivity index (χ1) is 7.89. The van der Waals surface area contributed by atoms with Crippen LogP contribution in [-0.4, -0.2) is 31.1 Å². The molecule has 1 aliphatic rings. The Morgan fingerprint density at radius 1 is 1.41 bits per heavy atom. The van der Waals surface area contributed by atoms with Gasteiger partial charge in [-0.15, -0.1) is 0 Å². The summed E-state index contributed by atoms with van der Waals surface area (Å²) in [4.78, 5) is 27.0. The Bertz CT molecular complexity index is 607. The lowest BCUT2D eigenvalue weighted by molar-refractivity contribution is -0.117. The van der Waals surface area contributed by atoms with Crippen LogP contribution in [0.5, 0.6) is 0 Å². The molecule has 1 atom stereocenters. The van der Waals surface area contributed by atoms with Crippen LogP contribution in [0.15, 0.2) is 23.3 Å². The molecule has 0 aliphatic carbocycles. The molecule has 1 fully saturated rings. The van der Waals surface area contributed by atoms with E-state index < -0.39 is 21.2 Å². The fourth-order valence-electron chi connectivity index (χ4n) is 1.75. The van der Waals surface area contributed by atoms with Crippen molar-refractivity contribution in [3.63, 3.8) is 0 Å². The standard InChI is InChI=1S/C9H11N3O4S/c10-17(15,16)6-3-9(14)12(5-6)7-4-11-2-1-8(7)13/h1-2,4,6H,3,5H2,(H,11,13)(H2,10,15,16). The number of nitrogens with two attached hydrogens (primary N) is 1. The van der Waals surface area contributed by atoms with Gasteiger partial charge in [0.1, 0.15) is 10.9 Å². The van der Waals surface area contributed by atoms with E-state index in [1.54, 1.807) is 0 Å². The first-order valence-corrected chi connectivity index (χ1v) is 6.49. The number of nitrogens with zero attached hydrogens (tertiary/aromatic N) is 1. The van der Waals surface area contributed by atoms with Crippen molar-refractivity contribution in [2.45, 2.75) is 11.7 Å². The minimum absolute atomic E-state index is 0.0786. The van der Waals surface area contributed by atoms with Gasteiger partial charge in [-0.2, -0.15) is 0 Å². The molecule has 2 rings (SSSR count). The van der Waals surface area contributed by atoms with Crippen molar-refractivity contribution in [2.75, 3.05) is 11.4 Å². The molecule has 0 radical (unpaired) electrons. The van der Waals surface area contributed by atoms with Crippen molar-refractivity contribution < 1.29 is 13.2 Å². The molecule has 3 N–H and O–H groups in total. The number of amides is 1. The highest BCUT2D eigenvalue weighted by atomic mass is 32.2. The third-order valence-corrected chi connectivity index (χ3v) is 3.89. The average molecular weight is 257 g/mol. The zero-order valence-electron chi connectivity index (χ0n) is 8.79. The maximum absolute atomic E-state index is 11.6. The summed E-state index contributed by atoms with van der Waals surface area (Å²) in [5.74, 6) is -0.416. The number of pyridine rings is 1. The Morgan fingerprint density at radius 2 is 2.12 bits per heavy atom. The summed E-state index contributed by atoms with van der Waals surface area (Å²) in [6, 6.07) is 1.27. The number of anilines is 1. The Hall–Kier alpha value is -1.67. The zero-order valence-corrected chi connectivity index (χ0v) is 9.61. The largest absolute Gasteiger partial charge is 0.366 e. The third kappa shape index (κ3) is 2.22. The van der Waals surface area contributed by atoms with Crippen LogP contribution >= 0.6 is 0 Å². The third-order valence-electron chi connectivity index (χ3n) is 2.65. The number of sulfonamides is 1. The smallest absolute Gasteiger partial charge is 0.228 e. The number of rotatable bonds is 2. The van der Waals surface area contributed by atoms with Crippen LogP contribution in [0.3, 0.4) is 0 Å². The number of hydrogen-bond donors (Lipinski definition) is 2. The van der Waals surface area contributed by atoms with Crippen LogP contribution in [0.25, 0.3) is 0 Å². The number of aromatic amines is 1. The molecule has 1 aliphatic heterocycles. The van der Waals surface area contributed by atoms with Gasteiger partial charge in [0.15, 0.2) is 0 Å². The molecule has 0 aromatic carbocycles. The predicted octanol–water partition coefficient (Wildman–Crippen LogP) is -1.23.